The lowest BCUT2D eigenvalue weighted by Crippen LogP contribution is -2.56. The molecule has 9 nitrogen and oxygen atoms in total. The van der Waals surface area contributed by atoms with Crippen LogP contribution in [0.1, 0.15) is 28.9 Å². The fourth-order valence-corrected chi connectivity index (χ4v) is 5.47. The number of aromatic nitrogens is 2. The van der Waals surface area contributed by atoms with Crippen molar-refractivity contribution in [3.63, 3.8) is 0 Å². The van der Waals surface area contributed by atoms with E-state index in [2.05, 4.69) is 21.9 Å². The normalized spacial score (nSPS) is 19.4. The van der Waals surface area contributed by atoms with E-state index in [1.54, 1.807) is 36.1 Å². The molecule has 1 N–H and O–H groups in total. The van der Waals surface area contributed by atoms with Gasteiger partial charge in [0, 0.05) is 37.9 Å². The highest BCUT2D eigenvalue weighted by molar-refractivity contribution is 7.88. The minimum atomic E-state index is -3.60. The van der Waals surface area contributed by atoms with E-state index in [-0.39, 0.29) is 30.1 Å². The predicted octanol–water partition coefficient (Wildman–Crippen LogP) is 1.88. The fraction of sp³-hybridized carbons (Fsp3) is 0.333. The summed E-state index contributed by atoms with van der Waals surface area (Å²) in [6, 6.07) is 5.26. The number of amides is 2. The molecule has 2 amide bonds. The second-order valence-corrected chi connectivity index (χ2v) is 9.80. The van der Waals surface area contributed by atoms with Crippen molar-refractivity contribution in [1.82, 2.24) is 24.5 Å². The summed E-state index contributed by atoms with van der Waals surface area (Å²) in [5, 5.41) is 2.69. The molecule has 1 saturated heterocycles. The highest BCUT2D eigenvalue weighted by atomic mass is 35.5. The molecule has 1 fully saturated rings. The van der Waals surface area contributed by atoms with E-state index < -0.39 is 22.1 Å². The van der Waals surface area contributed by atoms with Gasteiger partial charge in [0.25, 0.3) is 5.91 Å². The van der Waals surface area contributed by atoms with E-state index >= 15 is 0 Å². The van der Waals surface area contributed by atoms with Crippen molar-refractivity contribution in [2.24, 2.45) is 0 Å². The zero-order valence-electron chi connectivity index (χ0n) is 17.9. The molecule has 2 aromatic rings. The maximum absolute atomic E-state index is 12.6. The Morgan fingerprint density at radius 2 is 1.97 bits per heavy atom. The number of nitrogens with one attached hydrogen (secondary N) is 1. The van der Waals surface area contributed by atoms with Crippen LogP contribution in [0.3, 0.4) is 0 Å². The van der Waals surface area contributed by atoms with Gasteiger partial charge in [-0.25, -0.2) is 13.4 Å². The van der Waals surface area contributed by atoms with Crippen LogP contribution in [0.15, 0.2) is 43.1 Å². The quantitative estimate of drug-likeness (QED) is 0.519. The largest absolute Gasteiger partial charge is 0.355 e. The van der Waals surface area contributed by atoms with Crippen molar-refractivity contribution in [3.8, 4) is 11.4 Å². The van der Waals surface area contributed by atoms with E-state index in [0.29, 0.717) is 22.5 Å². The highest BCUT2D eigenvalue weighted by Crippen LogP contribution is 2.34. The summed E-state index contributed by atoms with van der Waals surface area (Å²) in [5.74, 6) is -0.561. The van der Waals surface area contributed by atoms with Crippen LogP contribution in [0, 0.1) is 0 Å². The van der Waals surface area contributed by atoms with Crippen molar-refractivity contribution in [2.75, 3.05) is 26.4 Å². The Morgan fingerprint density at radius 3 is 2.59 bits per heavy atom. The lowest BCUT2D eigenvalue weighted by atomic mass is 10.0. The summed E-state index contributed by atoms with van der Waals surface area (Å²) in [4.78, 5) is 34.4. The number of sulfonamides is 1. The second kappa shape index (κ2) is 9.35. The highest BCUT2D eigenvalue weighted by Gasteiger charge is 2.40. The number of carbonyl (C=O) groups excluding carboxylic acids is 2. The summed E-state index contributed by atoms with van der Waals surface area (Å²) in [6.07, 6.45) is 3.83. The van der Waals surface area contributed by atoms with Gasteiger partial charge in [-0.1, -0.05) is 18.2 Å². The summed E-state index contributed by atoms with van der Waals surface area (Å²) < 4.78 is 26.6. The molecule has 1 aliphatic rings. The molecule has 2 atom stereocenters. The molecule has 170 valence electrons. The van der Waals surface area contributed by atoms with Gasteiger partial charge in [0.1, 0.15) is 5.15 Å². The van der Waals surface area contributed by atoms with Crippen LogP contribution in [0.2, 0.25) is 5.15 Å². The molecule has 0 aromatic carbocycles. The minimum absolute atomic E-state index is 0.133. The maximum Gasteiger partial charge on any atom is 0.251 e. The van der Waals surface area contributed by atoms with Gasteiger partial charge < -0.3 is 10.2 Å². The van der Waals surface area contributed by atoms with Crippen LogP contribution in [0.5, 0.6) is 0 Å². The number of rotatable bonds is 5. The predicted molar refractivity (Wildman–Crippen MR) is 122 cm³/mol. The van der Waals surface area contributed by atoms with Gasteiger partial charge in [0.15, 0.2) is 0 Å². The van der Waals surface area contributed by atoms with Gasteiger partial charge in [-0.15, -0.1) is 0 Å². The van der Waals surface area contributed by atoms with Gasteiger partial charge in [0.05, 0.1) is 23.7 Å². The minimum Gasteiger partial charge on any atom is -0.355 e. The number of pyridine rings is 2. The van der Waals surface area contributed by atoms with Gasteiger partial charge in [-0.05, 0) is 42.8 Å². The van der Waals surface area contributed by atoms with Crippen LogP contribution < -0.4 is 5.32 Å². The van der Waals surface area contributed by atoms with E-state index in [9.17, 15) is 18.0 Å². The maximum atomic E-state index is 12.6. The smallest absolute Gasteiger partial charge is 0.251 e. The Morgan fingerprint density at radius 1 is 1.25 bits per heavy atom. The van der Waals surface area contributed by atoms with E-state index in [4.69, 9.17) is 11.6 Å². The van der Waals surface area contributed by atoms with Crippen LogP contribution in [0.4, 0.5) is 0 Å². The first-order valence-corrected chi connectivity index (χ1v) is 12.0. The van der Waals surface area contributed by atoms with E-state index in [0.717, 1.165) is 6.26 Å². The lowest BCUT2D eigenvalue weighted by Gasteiger charge is -2.44. The molecule has 32 heavy (non-hydrogen) atoms. The average Bonchev–Trinajstić information content (AvgIpc) is 2.76. The van der Waals surface area contributed by atoms with Crippen molar-refractivity contribution < 1.29 is 18.0 Å². The summed E-state index contributed by atoms with van der Waals surface area (Å²) in [6.45, 7) is 5.65. The third-order valence-electron chi connectivity index (χ3n) is 5.20. The zero-order valence-corrected chi connectivity index (χ0v) is 19.5. The first-order chi connectivity index (χ1) is 15.0. The Balaban J connectivity index is 2.10. The van der Waals surface area contributed by atoms with E-state index in [1.165, 1.54) is 23.6 Å². The molecular weight excluding hydrogens is 454 g/mol. The van der Waals surface area contributed by atoms with Crippen LogP contribution >= 0.6 is 11.6 Å². The standard InChI is InChI=1S/C21H24ClN5O4S/c1-5-20(28)26-11-13(2)27(32(4,30)31)18(12-26)15-9-17(25-19(22)10-15)16-8-14(6-7-24-16)21(29)23-3/h5-10,13,18H,1,11-12H2,2-4H3,(H,23,29)/t13-,18+/m1/s1. The molecule has 0 unspecified atom stereocenters. The van der Waals surface area contributed by atoms with Crippen molar-refractivity contribution in [1.29, 1.82) is 0 Å². The zero-order chi connectivity index (χ0) is 23.6. The number of hydrogen-bond acceptors (Lipinski definition) is 6. The Hall–Kier alpha value is -2.82. The van der Waals surface area contributed by atoms with Crippen molar-refractivity contribution in [2.45, 2.75) is 19.0 Å². The fourth-order valence-electron chi connectivity index (χ4n) is 3.89. The lowest BCUT2D eigenvalue weighted by molar-refractivity contribution is -0.129. The molecule has 3 heterocycles. The van der Waals surface area contributed by atoms with Crippen LogP contribution in [0.25, 0.3) is 11.4 Å². The Bertz CT molecular complexity index is 1170. The number of hydrogen-bond donors (Lipinski definition) is 1. The van der Waals surface area contributed by atoms with Crippen LogP contribution in [-0.2, 0) is 14.8 Å². The summed E-state index contributed by atoms with van der Waals surface area (Å²) >= 11 is 6.29. The molecule has 1 aliphatic heterocycles. The SMILES string of the molecule is C=CC(=O)N1C[C@@H](C)N(S(C)(=O)=O)[C@H](c2cc(Cl)nc(-c3cc(C(=O)NC)ccn3)c2)C1. The topological polar surface area (TPSA) is 113 Å². The molecule has 0 radical (unpaired) electrons. The summed E-state index contributed by atoms with van der Waals surface area (Å²) in [5.41, 5.74) is 1.74. The monoisotopic (exact) mass is 477 g/mol. The molecule has 0 aliphatic carbocycles. The first-order valence-electron chi connectivity index (χ1n) is 9.81. The third-order valence-corrected chi connectivity index (χ3v) is 6.78. The van der Waals surface area contributed by atoms with Crippen LogP contribution in [-0.4, -0.2) is 71.8 Å². The van der Waals surface area contributed by atoms with Gasteiger partial charge in [-0.3, -0.25) is 14.6 Å². The second-order valence-electron chi connectivity index (χ2n) is 7.52. The number of piperazine rings is 1. The third kappa shape index (κ3) is 4.98. The first kappa shape index (κ1) is 23.8. The average molecular weight is 478 g/mol. The van der Waals surface area contributed by atoms with Crippen molar-refractivity contribution >= 4 is 33.4 Å². The Kier molecular flexibility index (Phi) is 6.97. The van der Waals surface area contributed by atoms with Crippen molar-refractivity contribution in [3.05, 3.63) is 59.4 Å². The Labute approximate surface area is 192 Å². The molecule has 0 bridgehead atoms. The number of carbonyl (C=O) groups is 2. The van der Waals surface area contributed by atoms with Gasteiger partial charge >= 0.3 is 0 Å². The molecule has 0 spiro atoms. The molecule has 0 saturated carbocycles. The van der Waals surface area contributed by atoms with E-state index in [1.807, 2.05) is 0 Å². The van der Waals surface area contributed by atoms with Gasteiger partial charge in [-0.2, -0.15) is 4.31 Å². The molecule has 3 rings (SSSR count). The molecular formula is C21H24ClN5O4S. The number of nitrogens with zero attached hydrogens (tertiary/aromatic N) is 4. The molecule has 11 heteroatoms. The summed E-state index contributed by atoms with van der Waals surface area (Å²) in [7, 11) is -2.08. The number of halogens is 1. The van der Waals surface area contributed by atoms with Gasteiger partial charge in [0.2, 0.25) is 15.9 Å². The molecule has 2 aromatic heterocycles.